The van der Waals surface area contributed by atoms with Crippen LogP contribution in [0.5, 0.6) is 0 Å². The molecule has 0 rings (SSSR count). The quantitative estimate of drug-likeness (QED) is 0.0420. The topological polar surface area (TPSA) is 69.6 Å². The maximum atomic E-state index is 12.5. The molecule has 1 amide bonds. The van der Waals surface area contributed by atoms with E-state index >= 15 is 0 Å². The van der Waals surface area contributed by atoms with Crippen LogP contribution in [0, 0.1) is 0 Å². The molecule has 0 aromatic rings. The second-order valence-electron chi connectivity index (χ2n) is 20.0. The summed E-state index contributed by atoms with van der Waals surface area (Å²) in [7, 11) is 0. The van der Waals surface area contributed by atoms with Crippen LogP contribution >= 0.6 is 0 Å². The molecule has 68 heavy (non-hydrogen) atoms. The second kappa shape index (κ2) is 58.9. The van der Waals surface area contributed by atoms with Crippen LogP contribution in [0.25, 0.3) is 0 Å². The Kier molecular flexibility index (Phi) is 56.8. The van der Waals surface area contributed by atoms with E-state index in [0.29, 0.717) is 6.42 Å². The monoisotopic (exact) mass is 946 g/mol. The van der Waals surface area contributed by atoms with Crippen LogP contribution in [-0.2, 0) is 4.79 Å². The van der Waals surface area contributed by atoms with E-state index in [1.54, 1.807) is 6.08 Å². The van der Waals surface area contributed by atoms with Crippen molar-refractivity contribution < 1.29 is 15.0 Å². The molecule has 0 fully saturated rings. The first-order valence-corrected chi connectivity index (χ1v) is 29.8. The van der Waals surface area contributed by atoms with Gasteiger partial charge < -0.3 is 15.5 Å². The molecule has 0 spiro atoms. The first kappa shape index (κ1) is 65.6. The molecule has 0 aromatic carbocycles. The van der Waals surface area contributed by atoms with Gasteiger partial charge in [0.05, 0.1) is 18.8 Å². The summed E-state index contributed by atoms with van der Waals surface area (Å²) in [6, 6.07) is -0.647. The third-order valence-electron chi connectivity index (χ3n) is 13.3. The smallest absolute Gasteiger partial charge is 0.220 e. The van der Waals surface area contributed by atoms with E-state index in [9.17, 15) is 15.0 Å². The van der Waals surface area contributed by atoms with Crippen LogP contribution in [-0.4, -0.2) is 34.9 Å². The molecule has 3 N–H and O–H groups in total. The van der Waals surface area contributed by atoms with Gasteiger partial charge in [0.15, 0.2) is 0 Å². The molecule has 0 aromatic heterocycles. The highest BCUT2D eigenvalue weighted by molar-refractivity contribution is 5.76. The first-order chi connectivity index (χ1) is 33.7. The fourth-order valence-corrected chi connectivity index (χ4v) is 8.85. The highest BCUT2D eigenvalue weighted by Crippen LogP contribution is 2.17. The predicted octanol–water partition coefficient (Wildman–Crippen LogP) is 19.9. The van der Waals surface area contributed by atoms with Crippen molar-refractivity contribution in [2.75, 3.05) is 6.61 Å². The minimum atomic E-state index is -0.872. The summed E-state index contributed by atoms with van der Waals surface area (Å²) in [6.07, 6.45) is 86.3. The lowest BCUT2D eigenvalue weighted by molar-refractivity contribution is -0.123. The van der Waals surface area contributed by atoms with Gasteiger partial charge in [0, 0.05) is 6.42 Å². The number of hydrogen-bond donors (Lipinski definition) is 3. The number of nitrogens with one attached hydrogen (secondary N) is 1. The molecule has 0 bridgehead atoms. The molecule has 0 aliphatic carbocycles. The minimum absolute atomic E-state index is 0.0751. The van der Waals surface area contributed by atoms with Crippen LogP contribution < -0.4 is 5.32 Å². The molecule has 2 atom stereocenters. The normalized spacial score (nSPS) is 13.4. The number of amides is 1. The summed E-state index contributed by atoms with van der Waals surface area (Å²) in [4.78, 5) is 12.5. The Morgan fingerprint density at radius 1 is 0.368 bits per heavy atom. The molecule has 4 heteroatoms. The Labute approximate surface area is 424 Å². The maximum absolute atomic E-state index is 12.5. The van der Waals surface area contributed by atoms with E-state index in [0.717, 1.165) is 64.2 Å². The van der Waals surface area contributed by atoms with E-state index in [2.05, 4.69) is 92.1 Å². The lowest BCUT2D eigenvalue weighted by atomic mass is 10.0. The Morgan fingerprint density at radius 2 is 0.662 bits per heavy atom. The van der Waals surface area contributed by atoms with Gasteiger partial charge in [-0.1, -0.05) is 292 Å². The average Bonchev–Trinajstić information content (AvgIpc) is 3.34. The zero-order valence-corrected chi connectivity index (χ0v) is 45.4. The summed E-state index contributed by atoms with van der Waals surface area (Å²) in [6.45, 7) is 4.19. The van der Waals surface area contributed by atoms with E-state index < -0.39 is 12.1 Å². The van der Waals surface area contributed by atoms with Gasteiger partial charge in [-0.05, 0) is 83.5 Å². The highest BCUT2D eigenvalue weighted by atomic mass is 16.3. The lowest BCUT2D eigenvalue weighted by Gasteiger charge is -2.19. The van der Waals surface area contributed by atoms with Crippen LogP contribution in [0.4, 0.5) is 0 Å². The van der Waals surface area contributed by atoms with Crippen molar-refractivity contribution in [3.05, 3.63) is 85.1 Å². The minimum Gasteiger partial charge on any atom is -0.394 e. The van der Waals surface area contributed by atoms with Crippen molar-refractivity contribution in [2.24, 2.45) is 0 Å². The van der Waals surface area contributed by atoms with Gasteiger partial charge in [-0.25, -0.2) is 0 Å². The highest BCUT2D eigenvalue weighted by Gasteiger charge is 2.18. The van der Waals surface area contributed by atoms with Gasteiger partial charge in [-0.2, -0.15) is 0 Å². The number of rotatable bonds is 54. The largest absolute Gasteiger partial charge is 0.394 e. The number of allylic oxidation sites excluding steroid dienone is 13. The Morgan fingerprint density at radius 3 is 1.03 bits per heavy atom. The summed E-state index contributed by atoms with van der Waals surface area (Å²) in [5.41, 5.74) is 0. The van der Waals surface area contributed by atoms with Crippen molar-refractivity contribution in [2.45, 2.75) is 309 Å². The van der Waals surface area contributed by atoms with Crippen LogP contribution in [0.3, 0.4) is 0 Å². The van der Waals surface area contributed by atoms with Gasteiger partial charge in [0.2, 0.25) is 5.91 Å². The molecule has 0 saturated carbocycles. The van der Waals surface area contributed by atoms with Crippen LogP contribution in [0.2, 0.25) is 0 Å². The Bertz CT molecular complexity index is 1210. The molecule has 0 aliphatic rings. The van der Waals surface area contributed by atoms with E-state index in [1.165, 1.54) is 212 Å². The van der Waals surface area contributed by atoms with Crippen molar-refractivity contribution in [3.63, 3.8) is 0 Å². The van der Waals surface area contributed by atoms with Gasteiger partial charge in [0.25, 0.3) is 0 Å². The van der Waals surface area contributed by atoms with Crippen molar-refractivity contribution in [1.29, 1.82) is 0 Å². The second-order valence-corrected chi connectivity index (χ2v) is 20.0. The number of carbonyl (C=O) groups is 1. The summed E-state index contributed by atoms with van der Waals surface area (Å²) in [5, 5.41) is 23.1. The standard InChI is InChI=1S/C64H115NO3/c1-3-5-7-9-11-13-15-17-19-21-23-24-25-26-27-28-29-30-31-32-33-34-35-36-37-38-39-40-42-44-46-48-50-52-54-56-58-60-64(68)65-62(61-66)63(67)59-57-55-53-51-49-47-45-43-41-22-20-18-16-14-12-10-8-6-4-2/h5,7,11,13,17,19,23-24,41,43,49,51,57,59,62-63,66-67H,3-4,6,8-10,12,14-16,18,20-22,25-40,42,44-48,50,52-56,58,60-61H2,1-2H3,(H,65,68)/b7-5-,13-11-,19-17-,24-23-,43-41+,51-49+,59-57+. The average molecular weight is 947 g/mol. The third kappa shape index (κ3) is 54.5. The van der Waals surface area contributed by atoms with Gasteiger partial charge >= 0.3 is 0 Å². The summed E-state index contributed by atoms with van der Waals surface area (Å²) in [5.74, 6) is -0.0751. The van der Waals surface area contributed by atoms with Crippen molar-refractivity contribution in [3.8, 4) is 0 Å². The van der Waals surface area contributed by atoms with Gasteiger partial charge in [-0.3, -0.25) is 4.79 Å². The van der Waals surface area contributed by atoms with Crippen LogP contribution in [0.15, 0.2) is 85.1 Å². The Hall–Kier alpha value is -2.43. The zero-order chi connectivity index (χ0) is 49.2. The maximum Gasteiger partial charge on any atom is 0.220 e. The number of hydrogen-bond acceptors (Lipinski definition) is 3. The number of aliphatic hydroxyl groups is 2. The number of unbranched alkanes of at least 4 members (excludes halogenated alkanes) is 35. The number of aliphatic hydroxyl groups excluding tert-OH is 2. The van der Waals surface area contributed by atoms with E-state index in [1.807, 2.05) is 6.08 Å². The molecular weight excluding hydrogens is 831 g/mol. The lowest BCUT2D eigenvalue weighted by Crippen LogP contribution is -2.45. The molecule has 0 saturated heterocycles. The van der Waals surface area contributed by atoms with E-state index in [-0.39, 0.29) is 12.5 Å². The Balaban J connectivity index is 3.47. The summed E-state index contributed by atoms with van der Waals surface area (Å²) < 4.78 is 0. The first-order valence-electron chi connectivity index (χ1n) is 29.8. The van der Waals surface area contributed by atoms with Crippen LogP contribution in [0.1, 0.15) is 296 Å². The molecule has 2 unspecified atom stereocenters. The molecule has 394 valence electrons. The van der Waals surface area contributed by atoms with E-state index in [4.69, 9.17) is 0 Å². The fraction of sp³-hybridized carbons (Fsp3) is 0.766. The summed E-state index contributed by atoms with van der Waals surface area (Å²) >= 11 is 0. The van der Waals surface area contributed by atoms with Gasteiger partial charge in [0.1, 0.15) is 0 Å². The molecule has 0 heterocycles. The predicted molar refractivity (Wildman–Crippen MR) is 303 cm³/mol. The molecule has 0 radical (unpaired) electrons. The molecule has 0 aliphatic heterocycles. The SMILES string of the molecule is CC/C=C\C/C=C\C/C=C\C/C=C\CCCCCCCCCCCCCCCCCCCCCCCCCCC(=O)NC(CO)C(O)/C=C/CC/C=C/CC/C=C/CCCCCCCCCCC. The van der Waals surface area contributed by atoms with Crippen molar-refractivity contribution in [1.82, 2.24) is 5.32 Å². The van der Waals surface area contributed by atoms with Crippen molar-refractivity contribution >= 4 is 5.91 Å². The molecular formula is C64H115NO3. The third-order valence-corrected chi connectivity index (χ3v) is 13.3. The molecule has 4 nitrogen and oxygen atoms in total. The number of carbonyl (C=O) groups excluding carboxylic acids is 1. The zero-order valence-electron chi connectivity index (χ0n) is 45.4. The van der Waals surface area contributed by atoms with Gasteiger partial charge in [-0.15, -0.1) is 0 Å². The fourth-order valence-electron chi connectivity index (χ4n) is 8.85.